The third kappa shape index (κ3) is 2.79. The maximum absolute atomic E-state index is 6.11. The van der Waals surface area contributed by atoms with Crippen molar-refractivity contribution < 1.29 is 4.74 Å². The van der Waals surface area contributed by atoms with Crippen LogP contribution in [-0.4, -0.2) is 39.7 Å². The molecular weight excluding hydrogens is 262 g/mol. The summed E-state index contributed by atoms with van der Waals surface area (Å²) in [5.74, 6) is 1.24. The highest BCUT2D eigenvalue weighted by atomic mass is 16.5. The molecule has 2 fully saturated rings. The second kappa shape index (κ2) is 5.25. The van der Waals surface area contributed by atoms with E-state index in [2.05, 4.69) is 33.6 Å². The summed E-state index contributed by atoms with van der Waals surface area (Å²) in [6, 6.07) is 0.728. The number of rotatable bonds is 3. The molecule has 2 aliphatic heterocycles. The van der Waals surface area contributed by atoms with Crippen LogP contribution in [0.2, 0.25) is 0 Å². The van der Waals surface area contributed by atoms with Gasteiger partial charge in [-0.3, -0.25) is 4.90 Å². The summed E-state index contributed by atoms with van der Waals surface area (Å²) >= 11 is 0. The Morgan fingerprint density at radius 2 is 2.14 bits per heavy atom. The molecule has 3 heterocycles. The number of likely N-dealkylation sites (tertiary alicyclic amines) is 1. The van der Waals surface area contributed by atoms with Gasteiger partial charge in [-0.15, -0.1) is 0 Å². The van der Waals surface area contributed by atoms with Crippen molar-refractivity contribution in [3.8, 4) is 0 Å². The number of ether oxygens (including phenoxy) is 1. The van der Waals surface area contributed by atoms with Gasteiger partial charge in [-0.25, -0.2) is 4.98 Å². The zero-order valence-electron chi connectivity index (χ0n) is 12.9. The predicted octanol–water partition coefficient (Wildman–Crippen LogP) is 2.92. The van der Waals surface area contributed by atoms with Crippen molar-refractivity contribution in [1.29, 1.82) is 0 Å². The predicted molar refractivity (Wildman–Crippen MR) is 82.1 cm³/mol. The molecular formula is C17H25N3O. The standard InChI is InChI=1S/C17H25N3O/c1-14-4-11-21-17(12-14)5-8-19(9-6-17)13-16-18-7-10-20(16)15-2-3-15/h7,10,12,15H,2-6,8-9,11,13H2,1H3. The van der Waals surface area contributed by atoms with E-state index in [1.807, 2.05) is 6.20 Å². The van der Waals surface area contributed by atoms with E-state index in [4.69, 9.17) is 4.74 Å². The largest absolute Gasteiger partial charge is 0.370 e. The van der Waals surface area contributed by atoms with E-state index in [1.165, 1.54) is 24.2 Å². The van der Waals surface area contributed by atoms with Crippen molar-refractivity contribution in [2.45, 2.75) is 57.2 Å². The molecule has 1 aromatic heterocycles. The minimum atomic E-state index is 0.0325. The molecule has 0 amide bonds. The lowest BCUT2D eigenvalue weighted by molar-refractivity contribution is -0.0581. The second-order valence-corrected chi connectivity index (χ2v) is 6.91. The van der Waals surface area contributed by atoms with Gasteiger partial charge in [-0.2, -0.15) is 0 Å². The Balaban J connectivity index is 1.39. The van der Waals surface area contributed by atoms with Crippen LogP contribution in [0.4, 0.5) is 0 Å². The van der Waals surface area contributed by atoms with Gasteiger partial charge < -0.3 is 9.30 Å². The Labute approximate surface area is 126 Å². The van der Waals surface area contributed by atoms with Gasteiger partial charge in [0, 0.05) is 31.5 Å². The van der Waals surface area contributed by atoms with Gasteiger partial charge in [0.25, 0.3) is 0 Å². The van der Waals surface area contributed by atoms with Crippen LogP contribution >= 0.6 is 0 Å². The van der Waals surface area contributed by atoms with E-state index in [9.17, 15) is 0 Å². The molecule has 0 aromatic carbocycles. The molecule has 1 aromatic rings. The molecule has 0 unspecified atom stereocenters. The Morgan fingerprint density at radius 1 is 1.33 bits per heavy atom. The lowest BCUT2D eigenvalue weighted by atomic mass is 9.87. The van der Waals surface area contributed by atoms with Crippen LogP contribution in [0.3, 0.4) is 0 Å². The van der Waals surface area contributed by atoms with Gasteiger partial charge >= 0.3 is 0 Å². The number of aromatic nitrogens is 2. The van der Waals surface area contributed by atoms with Crippen LogP contribution in [0, 0.1) is 0 Å². The summed E-state index contributed by atoms with van der Waals surface area (Å²) in [5.41, 5.74) is 1.53. The van der Waals surface area contributed by atoms with Crippen LogP contribution in [0.5, 0.6) is 0 Å². The summed E-state index contributed by atoms with van der Waals surface area (Å²) < 4.78 is 8.49. The maximum atomic E-state index is 6.11. The molecule has 1 aliphatic carbocycles. The van der Waals surface area contributed by atoms with E-state index in [0.717, 1.165) is 51.5 Å². The second-order valence-electron chi connectivity index (χ2n) is 6.91. The molecule has 0 atom stereocenters. The van der Waals surface area contributed by atoms with Gasteiger partial charge in [0.2, 0.25) is 0 Å². The van der Waals surface area contributed by atoms with Crippen molar-refractivity contribution in [1.82, 2.24) is 14.5 Å². The van der Waals surface area contributed by atoms with Gasteiger partial charge in [0.1, 0.15) is 5.82 Å². The summed E-state index contributed by atoms with van der Waals surface area (Å²) in [6.45, 7) is 6.35. The van der Waals surface area contributed by atoms with Crippen molar-refractivity contribution in [3.05, 3.63) is 29.9 Å². The topological polar surface area (TPSA) is 30.3 Å². The number of piperidine rings is 1. The minimum absolute atomic E-state index is 0.0325. The first kappa shape index (κ1) is 13.5. The van der Waals surface area contributed by atoms with Crippen molar-refractivity contribution in [2.75, 3.05) is 19.7 Å². The van der Waals surface area contributed by atoms with Crippen LogP contribution in [0.1, 0.15) is 50.9 Å². The number of hydrogen-bond acceptors (Lipinski definition) is 3. The smallest absolute Gasteiger partial charge is 0.123 e. The highest BCUT2D eigenvalue weighted by Gasteiger charge is 2.36. The van der Waals surface area contributed by atoms with E-state index in [-0.39, 0.29) is 5.60 Å². The Kier molecular flexibility index (Phi) is 3.38. The highest BCUT2D eigenvalue weighted by Crippen LogP contribution is 2.36. The van der Waals surface area contributed by atoms with Gasteiger partial charge in [0.15, 0.2) is 0 Å². The van der Waals surface area contributed by atoms with Crippen molar-refractivity contribution >= 4 is 0 Å². The normalized spacial score (nSPS) is 26.0. The zero-order valence-corrected chi connectivity index (χ0v) is 12.9. The summed E-state index contributed by atoms with van der Waals surface area (Å²) in [7, 11) is 0. The number of imidazole rings is 1. The number of nitrogens with zero attached hydrogens (tertiary/aromatic N) is 3. The zero-order chi connectivity index (χ0) is 14.3. The van der Waals surface area contributed by atoms with Gasteiger partial charge in [-0.1, -0.05) is 11.6 Å². The number of hydrogen-bond donors (Lipinski definition) is 0. The maximum Gasteiger partial charge on any atom is 0.123 e. The first-order chi connectivity index (χ1) is 10.2. The Hall–Kier alpha value is -1.13. The SMILES string of the molecule is CC1=CC2(CCN(Cc3nccn3C3CC3)CC2)OCC1. The molecule has 21 heavy (non-hydrogen) atoms. The van der Waals surface area contributed by atoms with Crippen molar-refractivity contribution in [2.24, 2.45) is 0 Å². The summed E-state index contributed by atoms with van der Waals surface area (Å²) in [6.07, 6.45) is 12.5. The van der Waals surface area contributed by atoms with E-state index in [1.54, 1.807) is 0 Å². The van der Waals surface area contributed by atoms with Crippen LogP contribution < -0.4 is 0 Å². The molecule has 4 nitrogen and oxygen atoms in total. The molecule has 1 saturated carbocycles. The molecule has 114 valence electrons. The summed E-state index contributed by atoms with van der Waals surface area (Å²) in [4.78, 5) is 7.10. The van der Waals surface area contributed by atoms with Crippen LogP contribution in [0.25, 0.3) is 0 Å². The molecule has 4 heteroatoms. The average Bonchev–Trinajstić information content (AvgIpc) is 3.22. The third-order valence-electron chi connectivity index (χ3n) is 5.15. The molecule has 1 saturated heterocycles. The van der Waals surface area contributed by atoms with Gasteiger partial charge in [-0.05, 0) is 39.0 Å². The fraction of sp³-hybridized carbons (Fsp3) is 0.706. The highest BCUT2D eigenvalue weighted by molar-refractivity contribution is 5.14. The summed E-state index contributed by atoms with van der Waals surface area (Å²) in [5, 5.41) is 0. The minimum Gasteiger partial charge on any atom is -0.370 e. The molecule has 0 N–H and O–H groups in total. The molecule has 1 spiro atoms. The molecule has 4 rings (SSSR count). The van der Waals surface area contributed by atoms with E-state index < -0.39 is 0 Å². The van der Waals surface area contributed by atoms with Crippen molar-refractivity contribution in [3.63, 3.8) is 0 Å². The first-order valence-corrected chi connectivity index (χ1v) is 8.30. The quantitative estimate of drug-likeness (QED) is 0.801. The van der Waals surface area contributed by atoms with Crippen LogP contribution in [0.15, 0.2) is 24.0 Å². The lowest BCUT2D eigenvalue weighted by Crippen LogP contribution is -2.46. The fourth-order valence-electron chi connectivity index (χ4n) is 3.71. The van der Waals surface area contributed by atoms with Gasteiger partial charge in [0.05, 0.1) is 18.8 Å². The fourth-order valence-corrected chi connectivity index (χ4v) is 3.71. The van der Waals surface area contributed by atoms with E-state index >= 15 is 0 Å². The third-order valence-corrected chi connectivity index (χ3v) is 5.15. The lowest BCUT2D eigenvalue weighted by Gasteiger charge is -2.42. The first-order valence-electron chi connectivity index (χ1n) is 8.30. The molecule has 0 radical (unpaired) electrons. The molecule has 3 aliphatic rings. The van der Waals surface area contributed by atoms with E-state index in [0.29, 0.717) is 0 Å². The molecule has 0 bridgehead atoms. The monoisotopic (exact) mass is 287 g/mol. The Morgan fingerprint density at radius 3 is 2.86 bits per heavy atom. The Bertz CT molecular complexity index is 536. The van der Waals surface area contributed by atoms with Crippen LogP contribution in [-0.2, 0) is 11.3 Å². The average molecular weight is 287 g/mol.